The highest BCUT2D eigenvalue weighted by molar-refractivity contribution is 8.05. The molecule has 0 fully saturated rings. The first kappa shape index (κ1) is 49.7. The van der Waals surface area contributed by atoms with Crippen molar-refractivity contribution in [2.24, 2.45) is 10.8 Å². The molecule has 4 aliphatic carbocycles. The topological polar surface area (TPSA) is 6.48 Å². The van der Waals surface area contributed by atoms with Crippen LogP contribution in [-0.2, 0) is 32.5 Å². The zero-order valence-corrected chi connectivity index (χ0v) is 49.2. The van der Waals surface area contributed by atoms with Gasteiger partial charge in [-0.05, 0) is 209 Å². The smallest absolute Gasteiger partial charge is 0.233 e. The van der Waals surface area contributed by atoms with Gasteiger partial charge in [0.2, 0.25) is 6.71 Å². The number of anilines is 5. The maximum absolute atomic E-state index is 2.97. The molecule has 0 radical (unpaired) electrons. The number of thioether (sulfide) groups is 1. The monoisotopic (exact) mass is 987 g/mol. The van der Waals surface area contributed by atoms with Gasteiger partial charge in [0, 0.05) is 33.5 Å². The van der Waals surface area contributed by atoms with E-state index >= 15 is 0 Å². The molecule has 73 heavy (non-hydrogen) atoms. The molecule has 3 atom stereocenters. The van der Waals surface area contributed by atoms with E-state index in [1.807, 2.05) is 0 Å². The predicted octanol–water partition coefficient (Wildman–Crippen LogP) is 18.2. The summed E-state index contributed by atoms with van der Waals surface area (Å²) in [6.45, 7) is 45.6. The van der Waals surface area contributed by atoms with E-state index in [0.29, 0.717) is 11.1 Å². The van der Waals surface area contributed by atoms with E-state index in [1.165, 1.54) is 124 Å². The summed E-state index contributed by atoms with van der Waals surface area (Å²) in [7, 11) is 0. The van der Waals surface area contributed by atoms with Crippen molar-refractivity contribution in [1.82, 2.24) is 0 Å². The average molecular weight is 987 g/mol. The first-order valence-corrected chi connectivity index (χ1v) is 29.6. The number of benzene rings is 5. The van der Waals surface area contributed by atoms with Gasteiger partial charge in [-0.25, -0.2) is 0 Å². The maximum Gasteiger partial charge on any atom is 0.233 e. The lowest BCUT2D eigenvalue weighted by molar-refractivity contribution is 0.266. The minimum atomic E-state index is -0.101. The number of hydrogen-bond acceptors (Lipinski definition) is 3. The van der Waals surface area contributed by atoms with Crippen molar-refractivity contribution in [3.8, 4) is 11.1 Å². The second-order valence-electron chi connectivity index (χ2n) is 30.3. The van der Waals surface area contributed by atoms with Crippen molar-refractivity contribution in [1.29, 1.82) is 0 Å². The van der Waals surface area contributed by atoms with Crippen LogP contribution in [0.1, 0.15) is 221 Å². The van der Waals surface area contributed by atoms with Crippen LogP contribution in [-0.4, -0.2) is 17.9 Å². The molecule has 4 heteroatoms. The van der Waals surface area contributed by atoms with Crippen LogP contribution in [0.25, 0.3) is 11.1 Å². The summed E-state index contributed by atoms with van der Waals surface area (Å²) in [5.41, 5.74) is 25.5. The fourth-order valence-electron chi connectivity index (χ4n) is 15.6. The molecule has 0 bridgehead atoms. The quantitative estimate of drug-likeness (QED) is 0.166. The molecule has 0 aromatic heterocycles. The van der Waals surface area contributed by atoms with E-state index in [0.717, 1.165) is 0 Å². The Balaban J connectivity index is 1.25. The van der Waals surface area contributed by atoms with E-state index in [9.17, 15) is 0 Å². The highest BCUT2D eigenvalue weighted by Gasteiger charge is 2.60. The van der Waals surface area contributed by atoms with Crippen LogP contribution in [0.3, 0.4) is 0 Å². The number of hydrogen-bond donors (Lipinski definition) is 0. The summed E-state index contributed by atoms with van der Waals surface area (Å²) in [5.74, 6) is 0.508. The van der Waals surface area contributed by atoms with Gasteiger partial charge in [0.15, 0.2) is 0 Å². The van der Waals surface area contributed by atoms with E-state index in [1.54, 1.807) is 27.2 Å². The molecule has 0 N–H and O–H groups in total. The molecular formula is C69H87BN2S. The third-order valence-corrected chi connectivity index (χ3v) is 22.7. The molecule has 12 rings (SSSR count). The molecule has 0 spiro atoms. The summed E-state index contributed by atoms with van der Waals surface area (Å²) in [5, 5.41) is 0.296. The highest BCUT2D eigenvalue weighted by atomic mass is 32.2. The fraction of sp³-hybridized carbons (Fsp3) is 0.536. The Morgan fingerprint density at radius 3 is 1.71 bits per heavy atom. The Bertz CT molecular complexity index is 3170. The molecule has 5 aromatic carbocycles. The maximum atomic E-state index is 2.97. The number of allylic oxidation sites excluding steroid dienone is 1. The van der Waals surface area contributed by atoms with E-state index < -0.39 is 0 Å². The Kier molecular flexibility index (Phi) is 10.7. The van der Waals surface area contributed by atoms with Crippen LogP contribution >= 0.6 is 11.8 Å². The molecule has 3 aliphatic heterocycles. The molecule has 5 aromatic rings. The summed E-state index contributed by atoms with van der Waals surface area (Å²) in [6.07, 6.45) is 9.67. The number of rotatable bonds is 3. The molecule has 0 saturated carbocycles. The van der Waals surface area contributed by atoms with Crippen molar-refractivity contribution < 1.29 is 0 Å². The molecule has 0 amide bonds. The predicted molar refractivity (Wildman–Crippen MR) is 319 cm³/mol. The van der Waals surface area contributed by atoms with Crippen molar-refractivity contribution >= 4 is 57.8 Å². The molecular weight excluding hydrogens is 900 g/mol. The summed E-state index contributed by atoms with van der Waals surface area (Å²) < 4.78 is 0. The van der Waals surface area contributed by atoms with Gasteiger partial charge in [0.25, 0.3) is 0 Å². The second kappa shape index (κ2) is 15.7. The van der Waals surface area contributed by atoms with Crippen molar-refractivity contribution in [3.05, 3.63) is 134 Å². The first-order valence-electron chi connectivity index (χ1n) is 28.7. The summed E-state index contributed by atoms with van der Waals surface area (Å²) in [6, 6.07) is 35.8. The Labute approximate surface area is 447 Å². The van der Waals surface area contributed by atoms with Crippen molar-refractivity contribution in [2.75, 3.05) is 9.80 Å². The zero-order chi connectivity index (χ0) is 52.1. The number of fused-ring (bicyclic) bond motifs is 8. The molecule has 7 aliphatic rings. The van der Waals surface area contributed by atoms with Crippen molar-refractivity contribution in [2.45, 2.75) is 226 Å². The van der Waals surface area contributed by atoms with Gasteiger partial charge in [-0.3, -0.25) is 0 Å². The fourth-order valence-corrected chi connectivity index (χ4v) is 17.6. The molecule has 3 unspecified atom stereocenters. The Morgan fingerprint density at radius 1 is 0.521 bits per heavy atom. The van der Waals surface area contributed by atoms with E-state index in [4.69, 9.17) is 0 Å². The van der Waals surface area contributed by atoms with Crippen LogP contribution in [0, 0.1) is 10.8 Å². The molecule has 0 saturated heterocycles. The number of nitrogens with zero attached hydrogens (tertiary/aromatic N) is 2. The zero-order valence-electron chi connectivity index (χ0n) is 48.4. The lowest BCUT2D eigenvalue weighted by Crippen LogP contribution is -2.66. The minimum Gasteiger partial charge on any atom is -0.334 e. The van der Waals surface area contributed by atoms with Crippen LogP contribution in [0.4, 0.5) is 28.4 Å². The molecule has 2 nitrogen and oxygen atoms in total. The highest BCUT2D eigenvalue weighted by Crippen LogP contribution is 2.65. The summed E-state index contributed by atoms with van der Waals surface area (Å²) in [4.78, 5) is 7.50. The van der Waals surface area contributed by atoms with Crippen LogP contribution in [0.5, 0.6) is 0 Å². The van der Waals surface area contributed by atoms with E-state index in [2.05, 4.69) is 231 Å². The summed E-state index contributed by atoms with van der Waals surface area (Å²) >= 11 is 2.30. The van der Waals surface area contributed by atoms with Gasteiger partial charge >= 0.3 is 0 Å². The third-order valence-electron chi connectivity index (χ3n) is 20.9. The van der Waals surface area contributed by atoms with Gasteiger partial charge in [0.05, 0.1) is 11.7 Å². The lowest BCUT2D eigenvalue weighted by Gasteiger charge is -2.53. The second-order valence-corrected chi connectivity index (χ2v) is 31.5. The van der Waals surface area contributed by atoms with Gasteiger partial charge in [-0.2, -0.15) is 0 Å². The van der Waals surface area contributed by atoms with Gasteiger partial charge in [-0.1, -0.05) is 167 Å². The SMILES string of the molecule is CC1CCC(C)(C)c2cc(N3c4cc5c(cc4B4c6c3cc(C(C)(C)C)cc6N(c3ccc6c(c3)C(C)(C)CCC6(C)C)C3C6=C(SC43)C(C)(C)CCC6(C)C)C(C)(C)CCC5(C)C)c(-c3ccccc3)cc21. The lowest BCUT2D eigenvalue weighted by atomic mass is 9.33. The van der Waals surface area contributed by atoms with Gasteiger partial charge in [0.1, 0.15) is 0 Å². The largest absolute Gasteiger partial charge is 0.334 e. The van der Waals surface area contributed by atoms with Crippen LogP contribution in [0.2, 0.25) is 0 Å². The molecule has 382 valence electrons. The Hall–Kier alpha value is -4.15. The first-order chi connectivity index (χ1) is 33.9. The normalized spacial score (nSPS) is 25.9. The van der Waals surface area contributed by atoms with Crippen molar-refractivity contribution in [3.63, 3.8) is 0 Å². The standard InChI is InChI=1S/C69H87BN2S/c1-41-26-27-63(5,6)48-39-53(46(37-45(41)48)42-22-20-19-21-23-42)72-54-40-51-50(66(11,12)30-31-67(51,13)14)38-52(54)70-58-55(34-43(35-56(58)72)62(2,3)4)71(44-24-25-47-49(36-44)65(9,10)29-28-64(47,7)8)59-57-60(73-61(59)70)69(17,18)33-32-68(57,15)16/h19-25,34-41,59,61H,26-33H2,1-18H3. The van der Waals surface area contributed by atoms with Gasteiger partial charge in [-0.15, -0.1) is 11.8 Å². The minimum absolute atomic E-state index is 0.0529. The van der Waals surface area contributed by atoms with Crippen LogP contribution in [0.15, 0.2) is 95.4 Å². The Morgan fingerprint density at radius 2 is 1.07 bits per heavy atom. The van der Waals surface area contributed by atoms with E-state index in [-0.39, 0.29) is 56.1 Å². The third kappa shape index (κ3) is 7.37. The molecule has 3 heterocycles. The van der Waals surface area contributed by atoms with Crippen LogP contribution < -0.4 is 20.7 Å². The van der Waals surface area contributed by atoms with Gasteiger partial charge < -0.3 is 9.80 Å². The average Bonchev–Trinajstić information content (AvgIpc) is 3.75.